The van der Waals surface area contributed by atoms with E-state index in [0.29, 0.717) is 19.6 Å². The van der Waals surface area contributed by atoms with Gasteiger partial charge < -0.3 is 14.8 Å². The Hall–Kier alpha value is -0.870. The molecule has 1 atom stereocenters. The van der Waals surface area contributed by atoms with E-state index >= 15 is 0 Å². The van der Waals surface area contributed by atoms with E-state index in [-0.39, 0.29) is 33.3 Å². The highest BCUT2D eigenvalue weighted by Gasteiger charge is 2.33. The Morgan fingerprint density at radius 2 is 2.14 bits per heavy atom. The monoisotopic (exact) mass is 370 g/mol. The predicted molar refractivity (Wildman–Crippen MR) is 85.7 cm³/mol. The molecule has 0 spiro atoms. The Labute approximate surface area is 140 Å². The molecule has 0 amide bonds. The number of esters is 1. The molecule has 1 unspecified atom stereocenters. The summed E-state index contributed by atoms with van der Waals surface area (Å²) < 4.78 is 36.6. The van der Waals surface area contributed by atoms with Gasteiger partial charge in [-0.25, -0.2) is 13.2 Å². The van der Waals surface area contributed by atoms with Crippen LogP contribution in [0, 0.1) is 0 Å². The maximum absolute atomic E-state index is 12.7. The van der Waals surface area contributed by atoms with Gasteiger partial charge in [-0.05, 0) is 6.92 Å². The van der Waals surface area contributed by atoms with Crippen molar-refractivity contribution in [1.29, 1.82) is 0 Å². The first-order chi connectivity index (χ1) is 9.90. The van der Waals surface area contributed by atoms with Crippen molar-refractivity contribution in [1.82, 2.24) is 9.62 Å². The molecule has 1 aromatic rings. The smallest absolute Gasteiger partial charge is 0.348 e. The molecule has 0 aromatic carbocycles. The van der Waals surface area contributed by atoms with Crippen molar-refractivity contribution in [2.45, 2.75) is 17.2 Å². The van der Waals surface area contributed by atoms with E-state index < -0.39 is 16.0 Å². The van der Waals surface area contributed by atoms with Crippen LogP contribution in [-0.4, -0.2) is 58.6 Å². The minimum atomic E-state index is -3.68. The number of ether oxygens (including phenoxy) is 2. The lowest BCUT2D eigenvalue weighted by atomic mass is 10.3. The van der Waals surface area contributed by atoms with Crippen LogP contribution in [0.5, 0.6) is 5.75 Å². The van der Waals surface area contributed by atoms with Gasteiger partial charge in [-0.2, -0.15) is 4.31 Å². The zero-order valence-corrected chi connectivity index (χ0v) is 14.9. The number of piperazine rings is 1. The van der Waals surface area contributed by atoms with Crippen LogP contribution < -0.4 is 10.1 Å². The van der Waals surface area contributed by atoms with Gasteiger partial charge in [0.05, 0.1) is 14.2 Å². The van der Waals surface area contributed by atoms with E-state index in [2.05, 4.69) is 10.1 Å². The molecule has 1 aromatic heterocycles. The molecule has 0 saturated carbocycles. The van der Waals surface area contributed by atoms with Crippen LogP contribution in [0.25, 0.3) is 0 Å². The maximum Gasteiger partial charge on any atom is 0.348 e. The van der Waals surface area contributed by atoms with Crippen LogP contribution in [0.4, 0.5) is 0 Å². The first-order valence-corrected chi connectivity index (χ1v) is 8.65. The number of methoxy groups -OCH3 is 2. The Bertz CT molecular complexity index is 631. The minimum Gasteiger partial charge on any atom is -0.494 e. The summed E-state index contributed by atoms with van der Waals surface area (Å²) in [7, 11) is -1.05. The van der Waals surface area contributed by atoms with E-state index in [0.717, 1.165) is 11.3 Å². The summed E-state index contributed by atoms with van der Waals surface area (Å²) in [6, 6.07) is 1.48. The lowest BCUT2D eigenvalue weighted by Crippen LogP contribution is -2.51. The minimum absolute atomic E-state index is 0. The topological polar surface area (TPSA) is 84.9 Å². The maximum atomic E-state index is 12.7. The second-order valence-corrected chi connectivity index (χ2v) is 7.86. The van der Waals surface area contributed by atoms with Crippen molar-refractivity contribution in [2.24, 2.45) is 0 Å². The molecule has 2 heterocycles. The average Bonchev–Trinajstić information content (AvgIpc) is 2.91. The molecule has 10 heteroatoms. The van der Waals surface area contributed by atoms with Crippen molar-refractivity contribution in [2.75, 3.05) is 33.9 Å². The molecule has 2 rings (SSSR count). The number of thiophene rings is 1. The molecule has 22 heavy (non-hydrogen) atoms. The van der Waals surface area contributed by atoms with Gasteiger partial charge in [0.2, 0.25) is 0 Å². The van der Waals surface area contributed by atoms with E-state index in [1.807, 2.05) is 6.92 Å². The number of carbonyl (C=O) groups excluding carboxylic acids is 1. The van der Waals surface area contributed by atoms with Gasteiger partial charge in [-0.3, -0.25) is 0 Å². The Kier molecular flexibility index (Phi) is 6.63. The summed E-state index contributed by atoms with van der Waals surface area (Å²) in [5.41, 5.74) is 0. The summed E-state index contributed by atoms with van der Waals surface area (Å²) in [6.07, 6.45) is 0. The third kappa shape index (κ3) is 3.72. The van der Waals surface area contributed by atoms with Gasteiger partial charge in [0, 0.05) is 31.7 Å². The normalized spacial score (nSPS) is 19.3. The van der Waals surface area contributed by atoms with E-state index in [9.17, 15) is 13.2 Å². The van der Waals surface area contributed by atoms with Crippen LogP contribution in [-0.2, 0) is 14.8 Å². The largest absolute Gasteiger partial charge is 0.494 e. The van der Waals surface area contributed by atoms with E-state index in [4.69, 9.17) is 4.74 Å². The van der Waals surface area contributed by atoms with Gasteiger partial charge in [0.15, 0.2) is 9.96 Å². The summed E-state index contributed by atoms with van der Waals surface area (Å²) >= 11 is 0.869. The highest BCUT2D eigenvalue weighted by molar-refractivity contribution is 7.91. The van der Waals surface area contributed by atoms with Crippen molar-refractivity contribution in [3.05, 3.63) is 10.9 Å². The Balaban J connectivity index is 0.00000242. The first kappa shape index (κ1) is 19.2. The Morgan fingerprint density at radius 1 is 1.45 bits per heavy atom. The number of carbonyl (C=O) groups is 1. The summed E-state index contributed by atoms with van der Waals surface area (Å²) in [6.45, 7) is 3.30. The van der Waals surface area contributed by atoms with Crippen molar-refractivity contribution < 1.29 is 22.7 Å². The highest BCUT2D eigenvalue weighted by atomic mass is 35.5. The number of halogens is 1. The van der Waals surface area contributed by atoms with Crippen molar-refractivity contribution in [3.8, 4) is 5.75 Å². The number of sulfonamides is 1. The molecule has 1 fully saturated rings. The highest BCUT2D eigenvalue weighted by Crippen LogP contribution is 2.36. The molecular weight excluding hydrogens is 352 g/mol. The molecule has 1 aliphatic heterocycles. The average molecular weight is 371 g/mol. The van der Waals surface area contributed by atoms with Crippen LogP contribution in [0.1, 0.15) is 16.6 Å². The zero-order valence-electron chi connectivity index (χ0n) is 12.5. The number of nitrogens with zero attached hydrogens (tertiary/aromatic N) is 1. The quantitative estimate of drug-likeness (QED) is 0.794. The van der Waals surface area contributed by atoms with E-state index in [1.54, 1.807) is 0 Å². The van der Waals surface area contributed by atoms with Crippen molar-refractivity contribution >= 4 is 39.7 Å². The fraction of sp³-hybridized carbons (Fsp3) is 0.583. The zero-order chi connectivity index (χ0) is 15.6. The van der Waals surface area contributed by atoms with Crippen LogP contribution >= 0.6 is 23.7 Å². The second-order valence-electron chi connectivity index (χ2n) is 4.68. The van der Waals surface area contributed by atoms with Gasteiger partial charge in [-0.15, -0.1) is 23.7 Å². The standard InChI is InChI=1S/C12H18N2O5S2.ClH/c1-8-7-14(5-4-13-8)21(16,17)12-9(18-2)6-10(20-12)11(15)19-3;/h6,8,13H,4-5,7H2,1-3H3;1H. The molecular formula is C12H19ClN2O5S2. The molecule has 0 aliphatic carbocycles. The molecule has 7 nitrogen and oxygen atoms in total. The van der Waals surface area contributed by atoms with E-state index in [1.165, 1.54) is 24.6 Å². The summed E-state index contributed by atoms with van der Waals surface area (Å²) in [5, 5.41) is 3.19. The van der Waals surface area contributed by atoms with Gasteiger partial charge in [-0.1, -0.05) is 0 Å². The number of nitrogens with one attached hydrogen (secondary N) is 1. The molecule has 0 bridgehead atoms. The summed E-state index contributed by atoms with van der Waals surface area (Å²) in [5.74, 6) is -0.403. The molecule has 1 saturated heterocycles. The molecule has 1 N–H and O–H groups in total. The van der Waals surface area contributed by atoms with Crippen LogP contribution in [0.15, 0.2) is 10.3 Å². The van der Waals surface area contributed by atoms with Crippen LogP contribution in [0.3, 0.4) is 0 Å². The fourth-order valence-electron chi connectivity index (χ4n) is 2.11. The number of hydrogen-bond acceptors (Lipinski definition) is 7. The lowest BCUT2D eigenvalue weighted by Gasteiger charge is -2.30. The first-order valence-electron chi connectivity index (χ1n) is 6.39. The van der Waals surface area contributed by atoms with Crippen molar-refractivity contribution in [3.63, 3.8) is 0 Å². The SMILES string of the molecule is COC(=O)c1cc(OC)c(S(=O)(=O)N2CCNC(C)C2)s1.Cl. The lowest BCUT2D eigenvalue weighted by molar-refractivity contribution is 0.0606. The van der Waals surface area contributed by atoms with Gasteiger partial charge in [0.1, 0.15) is 4.88 Å². The predicted octanol–water partition coefficient (Wildman–Crippen LogP) is 0.947. The van der Waals surface area contributed by atoms with Gasteiger partial charge >= 0.3 is 5.97 Å². The number of rotatable bonds is 4. The third-order valence-corrected chi connectivity index (χ3v) is 6.63. The molecule has 1 aliphatic rings. The Morgan fingerprint density at radius 3 is 2.68 bits per heavy atom. The third-order valence-electron chi connectivity index (χ3n) is 3.18. The molecule has 0 radical (unpaired) electrons. The molecule has 126 valence electrons. The number of hydrogen-bond donors (Lipinski definition) is 1. The second kappa shape index (κ2) is 7.60. The van der Waals surface area contributed by atoms with Crippen LogP contribution in [0.2, 0.25) is 0 Å². The fourth-order valence-corrected chi connectivity index (χ4v) is 5.28. The summed E-state index contributed by atoms with van der Waals surface area (Å²) in [4.78, 5) is 11.8. The van der Waals surface area contributed by atoms with Gasteiger partial charge in [0.25, 0.3) is 10.0 Å².